The Kier molecular flexibility index (Phi) is 3.75. The van der Waals surface area contributed by atoms with Crippen LogP contribution in [0.15, 0.2) is 50.2 Å². The van der Waals surface area contributed by atoms with Crippen LogP contribution in [0.3, 0.4) is 0 Å². The zero-order valence-electron chi connectivity index (χ0n) is 10.9. The Labute approximate surface area is 140 Å². The Hall–Kier alpha value is -1.05. The van der Waals surface area contributed by atoms with E-state index < -0.39 is 10.0 Å². The summed E-state index contributed by atoms with van der Waals surface area (Å²) in [5.74, 6) is 0. The second-order valence-corrected chi connectivity index (χ2v) is 8.33. The van der Waals surface area contributed by atoms with Crippen molar-refractivity contribution in [2.24, 2.45) is 0 Å². The molecule has 0 amide bonds. The topological polar surface area (TPSA) is 63.4 Å². The second kappa shape index (κ2) is 5.30. The third-order valence-corrected chi connectivity index (χ3v) is 6.71. The molecule has 0 radical (unpaired) electrons. The largest absolute Gasteiger partial charge is 0.398 e. The molecule has 1 heterocycles. The van der Waals surface area contributed by atoms with Crippen molar-refractivity contribution in [3.63, 3.8) is 0 Å². The van der Waals surface area contributed by atoms with Crippen molar-refractivity contribution in [3.8, 4) is 0 Å². The summed E-state index contributed by atoms with van der Waals surface area (Å²) in [5, 5.41) is 0. The average Bonchev–Trinajstić information content (AvgIpc) is 2.81. The van der Waals surface area contributed by atoms with Crippen LogP contribution in [-0.4, -0.2) is 15.0 Å². The number of rotatable bonds is 2. The minimum Gasteiger partial charge on any atom is -0.398 e. The Morgan fingerprint density at radius 2 is 1.86 bits per heavy atom. The summed E-state index contributed by atoms with van der Waals surface area (Å²) >= 11 is 6.61. The molecule has 4 nitrogen and oxygen atoms in total. The lowest BCUT2D eigenvalue weighted by molar-refractivity contribution is 0.592. The fraction of sp³-hybridized carbons (Fsp3) is 0.143. The molecule has 7 heteroatoms. The average molecular weight is 432 g/mol. The highest BCUT2D eigenvalue weighted by molar-refractivity contribution is 9.11. The van der Waals surface area contributed by atoms with Gasteiger partial charge < -0.3 is 5.73 Å². The molecule has 1 aliphatic heterocycles. The molecule has 3 rings (SSSR count). The van der Waals surface area contributed by atoms with Crippen LogP contribution < -0.4 is 10.0 Å². The van der Waals surface area contributed by atoms with Gasteiger partial charge in [0, 0.05) is 15.5 Å². The Morgan fingerprint density at radius 3 is 2.57 bits per heavy atom. The maximum atomic E-state index is 13.0. The molecule has 0 atom stereocenters. The van der Waals surface area contributed by atoms with E-state index in [0.717, 1.165) is 15.7 Å². The van der Waals surface area contributed by atoms with E-state index in [1.54, 1.807) is 12.1 Å². The van der Waals surface area contributed by atoms with Gasteiger partial charge in [-0.2, -0.15) is 0 Å². The maximum Gasteiger partial charge on any atom is 0.267 e. The molecule has 0 aliphatic carbocycles. The van der Waals surface area contributed by atoms with Crippen LogP contribution in [0.2, 0.25) is 0 Å². The molecule has 0 aromatic heterocycles. The number of hydrogen-bond acceptors (Lipinski definition) is 3. The lowest BCUT2D eigenvalue weighted by Crippen LogP contribution is -2.30. The molecule has 0 spiro atoms. The van der Waals surface area contributed by atoms with Crippen LogP contribution in [0.25, 0.3) is 0 Å². The summed E-state index contributed by atoms with van der Waals surface area (Å²) in [6.07, 6.45) is 0.712. The molecular formula is C14H12Br2N2O2S. The first-order valence-electron chi connectivity index (χ1n) is 6.26. The highest BCUT2D eigenvalue weighted by Gasteiger charge is 2.33. The number of hydrogen-bond donors (Lipinski definition) is 1. The van der Waals surface area contributed by atoms with Crippen molar-refractivity contribution >= 4 is 53.3 Å². The SMILES string of the molecule is Nc1cc(Br)cc(Br)c1S(=O)(=O)N1CCc2ccccc21. The van der Waals surface area contributed by atoms with Crippen molar-refractivity contribution in [3.05, 3.63) is 50.9 Å². The number of nitrogen functional groups attached to an aromatic ring is 1. The number of halogens is 2. The summed E-state index contributed by atoms with van der Waals surface area (Å²) in [6, 6.07) is 10.8. The molecule has 2 N–H and O–H groups in total. The van der Waals surface area contributed by atoms with Crippen LogP contribution >= 0.6 is 31.9 Å². The molecule has 21 heavy (non-hydrogen) atoms. The monoisotopic (exact) mass is 430 g/mol. The van der Waals surface area contributed by atoms with Crippen LogP contribution in [0.1, 0.15) is 5.56 Å². The highest BCUT2D eigenvalue weighted by atomic mass is 79.9. The standard InChI is InChI=1S/C14H12Br2N2O2S/c15-10-7-11(16)14(12(17)8-10)21(19,20)18-6-5-9-3-1-2-4-13(9)18/h1-4,7-8H,5-6,17H2. The Morgan fingerprint density at radius 1 is 1.14 bits per heavy atom. The van der Waals surface area contributed by atoms with E-state index >= 15 is 0 Å². The van der Waals surface area contributed by atoms with Crippen LogP contribution in [0, 0.1) is 0 Å². The van der Waals surface area contributed by atoms with E-state index in [-0.39, 0.29) is 10.6 Å². The molecule has 2 aromatic carbocycles. The van der Waals surface area contributed by atoms with Crippen molar-refractivity contribution in [2.75, 3.05) is 16.6 Å². The van der Waals surface area contributed by atoms with Gasteiger partial charge in [-0.3, -0.25) is 4.31 Å². The predicted molar refractivity (Wildman–Crippen MR) is 90.9 cm³/mol. The van der Waals surface area contributed by atoms with Gasteiger partial charge in [-0.05, 0) is 46.1 Å². The van der Waals surface area contributed by atoms with Crippen molar-refractivity contribution in [1.82, 2.24) is 0 Å². The van der Waals surface area contributed by atoms with Crippen LogP contribution in [0.4, 0.5) is 11.4 Å². The quantitative estimate of drug-likeness (QED) is 0.739. The molecule has 0 unspecified atom stereocenters. The lowest BCUT2D eigenvalue weighted by Gasteiger charge is -2.21. The van der Waals surface area contributed by atoms with E-state index in [0.29, 0.717) is 17.4 Å². The number of benzene rings is 2. The molecule has 0 saturated heterocycles. The number of sulfonamides is 1. The zero-order chi connectivity index (χ0) is 15.2. The number of nitrogens with zero attached hydrogens (tertiary/aromatic N) is 1. The molecular weight excluding hydrogens is 420 g/mol. The normalized spacial score (nSPS) is 14.3. The van der Waals surface area contributed by atoms with E-state index in [4.69, 9.17) is 5.73 Å². The molecule has 0 fully saturated rings. The van der Waals surface area contributed by atoms with Gasteiger partial charge in [0.15, 0.2) is 0 Å². The van der Waals surface area contributed by atoms with Gasteiger partial charge in [-0.1, -0.05) is 34.1 Å². The molecule has 110 valence electrons. The van der Waals surface area contributed by atoms with Gasteiger partial charge in [0.05, 0.1) is 11.4 Å². The fourth-order valence-electron chi connectivity index (χ4n) is 2.52. The predicted octanol–water partition coefficient (Wildman–Crippen LogP) is 3.55. The first kappa shape index (κ1) is 14.9. The number of para-hydroxylation sites is 1. The minimum atomic E-state index is -3.69. The second-order valence-electron chi connectivity index (χ2n) is 4.76. The summed E-state index contributed by atoms with van der Waals surface area (Å²) in [5.41, 5.74) is 7.92. The van der Waals surface area contributed by atoms with Gasteiger partial charge in [0.2, 0.25) is 0 Å². The molecule has 0 saturated carbocycles. The van der Waals surface area contributed by atoms with Gasteiger partial charge >= 0.3 is 0 Å². The molecule has 0 bridgehead atoms. The van der Waals surface area contributed by atoms with E-state index in [9.17, 15) is 8.42 Å². The smallest absolute Gasteiger partial charge is 0.267 e. The Bertz CT molecular complexity index is 798. The summed E-state index contributed by atoms with van der Waals surface area (Å²) < 4.78 is 28.5. The summed E-state index contributed by atoms with van der Waals surface area (Å²) in [4.78, 5) is 0.113. The van der Waals surface area contributed by atoms with Crippen molar-refractivity contribution in [2.45, 2.75) is 11.3 Å². The third kappa shape index (κ3) is 2.47. The van der Waals surface area contributed by atoms with Gasteiger partial charge in [-0.25, -0.2) is 8.42 Å². The zero-order valence-corrected chi connectivity index (χ0v) is 14.9. The Balaban J connectivity index is 2.16. The van der Waals surface area contributed by atoms with Gasteiger partial charge in [0.25, 0.3) is 10.0 Å². The first-order chi connectivity index (χ1) is 9.91. The highest BCUT2D eigenvalue weighted by Crippen LogP contribution is 2.38. The fourth-order valence-corrected chi connectivity index (χ4v) is 6.04. The molecule has 2 aromatic rings. The van der Waals surface area contributed by atoms with Crippen molar-refractivity contribution in [1.29, 1.82) is 0 Å². The van der Waals surface area contributed by atoms with Crippen molar-refractivity contribution < 1.29 is 8.42 Å². The maximum absolute atomic E-state index is 13.0. The number of nitrogens with two attached hydrogens (primary N) is 1. The van der Waals surface area contributed by atoms with E-state index in [1.807, 2.05) is 24.3 Å². The van der Waals surface area contributed by atoms with Crippen LogP contribution in [-0.2, 0) is 16.4 Å². The van der Waals surface area contributed by atoms with E-state index in [2.05, 4.69) is 31.9 Å². The first-order valence-corrected chi connectivity index (χ1v) is 9.29. The third-order valence-electron chi connectivity index (χ3n) is 3.43. The van der Waals surface area contributed by atoms with Gasteiger partial charge in [-0.15, -0.1) is 0 Å². The summed E-state index contributed by atoms with van der Waals surface area (Å²) in [7, 11) is -3.69. The molecule has 1 aliphatic rings. The minimum absolute atomic E-state index is 0.113. The number of anilines is 2. The van der Waals surface area contributed by atoms with Gasteiger partial charge in [0.1, 0.15) is 4.90 Å². The lowest BCUT2D eigenvalue weighted by atomic mass is 10.2. The number of fused-ring (bicyclic) bond motifs is 1. The van der Waals surface area contributed by atoms with Crippen LogP contribution in [0.5, 0.6) is 0 Å². The summed E-state index contributed by atoms with van der Waals surface area (Å²) in [6.45, 7) is 0.434. The van der Waals surface area contributed by atoms with E-state index in [1.165, 1.54) is 4.31 Å².